The van der Waals surface area contributed by atoms with Crippen molar-refractivity contribution >= 4 is 17.6 Å². The van der Waals surface area contributed by atoms with Crippen molar-refractivity contribution in [2.45, 2.75) is 26.7 Å². The van der Waals surface area contributed by atoms with E-state index < -0.39 is 17.3 Å². The summed E-state index contributed by atoms with van der Waals surface area (Å²) < 4.78 is 0. The molecule has 0 unspecified atom stereocenters. The van der Waals surface area contributed by atoms with Crippen LogP contribution in [0.5, 0.6) is 0 Å². The van der Waals surface area contributed by atoms with E-state index in [4.69, 9.17) is 11.6 Å². The predicted octanol–water partition coefficient (Wildman–Crippen LogP) is 4.01. The number of benzene rings is 1. The fraction of sp³-hybridized carbons (Fsp3) is 0.312. The summed E-state index contributed by atoms with van der Waals surface area (Å²) in [6, 6.07) is 7.28. The van der Waals surface area contributed by atoms with E-state index in [1.165, 1.54) is 0 Å². The number of carboxylic acids is 1. The monoisotopic (exact) mass is 304 g/mol. The number of aromatic nitrogens is 2. The van der Waals surface area contributed by atoms with Crippen LogP contribution in [0.3, 0.4) is 0 Å². The molecule has 4 nitrogen and oxygen atoms in total. The number of rotatable bonds is 3. The molecule has 0 bridgehead atoms. The topological polar surface area (TPSA) is 63.1 Å². The minimum atomic E-state index is -0.878. The van der Waals surface area contributed by atoms with Gasteiger partial charge < -0.3 is 5.11 Å². The molecule has 2 rings (SSSR count). The highest BCUT2D eigenvalue weighted by Gasteiger charge is 2.33. The van der Waals surface area contributed by atoms with E-state index in [-0.39, 0.29) is 0 Å². The fourth-order valence-corrected chi connectivity index (χ4v) is 2.50. The molecule has 0 radical (unpaired) electrons. The van der Waals surface area contributed by atoms with Gasteiger partial charge >= 0.3 is 5.97 Å². The summed E-state index contributed by atoms with van der Waals surface area (Å²) in [5.74, 6) is -1.04. The average Bonchev–Trinajstić information content (AvgIpc) is 2.38. The Morgan fingerprint density at radius 3 is 2.24 bits per heavy atom. The first-order chi connectivity index (χ1) is 9.80. The van der Waals surface area contributed by atoms with Gasteiger partial charge in [0.15, 0.2) is 5.82 Å². The first kappa shape index (κ1) is 15.4. The molecule has 0 aliphatic heterocycles. The average molecular weight is 305 g/mol. The van der Waals surface area contributed by atoms with Gasteiger partial charge in [0.2, 0.25) is 0 Å². The zero-order valence-corrected chi connectivity index (χ0v) is 12.9. The molecule has 1 aromatic heterocycles. The lowest BCUT2D eigenvalue weighted by atomic mass is 9.77. The first-order valence-corrected chi connectivity index (χ1v) is 6.98. The predicted molar refractivity (Wildman–Crippen MR) is 82.3 cm³/mol. The molecule has 0 amide bonds. The summed E-state index contributed by atoms with van der Waals surface area (Å²) in [4.78, 5) is 20.0. The third kappa shape index (κ3) is 3.39. The van der Waals surface area contributed by atoms with Gasteiger partial charge in [-0.05, 0) is 17.5 Å². The van der Waals surface area contributed by atoms with Crippen molar-refractivity contribution in [2.24, 2.45) is 5.41 Å². The number of halogens is 1. The zero-order chi connectivity index (χ0) is 15.6. The maximum atomic E-state index is 11.5. The molecule has 21 heavy (non-hydrogen) atoms. The third-order valence-electron chi connectivity index (χ3n) is 3.23. The van der Waals surface area contributed by atoms with Crippen LogP contribution in [0.2, 0.25) is 5.02 Å². The Bertz CT molecular complexity index is 648. The van der Waals surface area contributed by atoms with Crippen molar-refractivity contribution in [3.63, 3.8) is 0 Å². The van der Waals surface area contributed by atoms with Gasteiger partial charge in [-0.15, -0.1) is 0 Å². The van der Waals surface area contributed by atoms with E-state index in [2.05, 4.69) is 9.97 Å². The lowest BCUT2D eigenvalue weighted by molar-refractivity contribution is -0.141. The summed E-state index contributed by atoms with van der Waals surface area (Å²) in [5, 5.41) is 9.98. The molecule has 5 heteroatoms. The van der Waals surface area contributed by atoms with Crippen molar-refractivity contribution in [1.29, 1.82) is 0 Å². The molecule has 1 heterocycles. The number of nitrogens with zero attached hydrogens (tertiary/aromatic N) is 2. The lowest BCUT2D eigenvalue weighted by Crippen LogP contribution is -2.26. The second-order valence-electron chi connectivity index (χ2n) is 5.96. The van der Waals surface area contributed by atoms with Gasteiger partial charge in [-0.1, -0.05) is 44.5 Å². The molecule has 0 aliphatic carbocycles. The van der Waals surface area contributed by atoms with Crippen LogP contribution in [0, 0.1) is 5.41 Å². The standard InChI is InChI=1S/C16H17ClN2O2/c1-16(2,3)13(15(20)21)10-8-18-14(19-9-10)11-6-4-5-7-12(11)17/h4-9,13H,1-3H3,(H,20,21)/t13-/m0/s1. The summed E-state index contributed by atoms with van der Waals surface area (Å²) in [5.41, 5.74) is 0.903. The van der Waals surface area contributed by atoms with E-state index >= 15 is 0 Å². The van der Waals surface area contributed by atoms with Crippen molar-refractivity contribution < 1.29 is 9.90 Å². The SMILES string of the molecule is CC(C)(C)[C@H](C(=O)O)c1cnc(-c2ccccc2Cl)nc1. The zero-order valence-electron chi connectivity index (χ0n) is 12.2. The maximum absolute atomic E-state index is 11.5. The van der Waals surface area contributed by atoms with Crippen molar-refractivity contribution in [3.8, 4) is 11.4 Å². The molecule has 2 aromatic rings. The van der Waals surface area contributed by atoms with Crippen molar-refractivity contribution in [3.05, 3.63) is 47.2 Å². The molecule has 0 spiro atoms. The Morgan fingerprint density at radius 1 is 1.19 bits per heavy atom. The molecule has 0 aliphatic rings. The van der Waals surface area contributed by atoms with Crippen LogP contribution in [0.15, 0.2) is 36.7 Å². The first-order valence-electron chi connectivity index (χ1n) is 6.60. The van der Waals surface area contributed by atoms with Crippen LogP contribution in [-0.4, -0.2) is 21.0 Å². The van der Waals surface area contributed by atoms with Crippen LogP contribution >= 0.6 is 11.6 Å². The minimum absolute atomic E-state index is 0.416. The van der Waals surface area contributed by atoms with Gasteiger partial charge in [0.1, 0.15) is 0 Å². The van der Waals surface area contributed by atoms with E-state index in [9.17, 15) is 9.90 Å². The highest BCUT2D eigenvalue weighted by molar-refractivity contribution is 6.33. The maximum Gasteiger partial charge on any atom is 0.311 e. The molecule has 1 atom stereocenters. The number of aliphatic carboxylic acids is 1. The van der Waals surface area contributed by atoms with Crippen LogP contribution in [0.4, 0.5) is 0 Å². The number of hydrogen-bond donors (Lipinski definition) is 1. The Hall–Kier alpha value is -1.94. The molecule has 0 fully saturated rings. The Balaban J connectivity index is 2.39. The Kier molecular flexibility index (Phi) is 4.28. The number of hydrogen-bond acceptors (Lipinski definition) is 3. The summed E-state index contributed by atoms with van der Waals surface area (Å²) in [7, 11) is 0. The van der Waals surface area contributed by atoms with Crippen LogP contribution < -0.4 is 0 Å². The Labute approximate surface area is 128 Å². The lowest BCUT2D eigenvalue weighted by Gasteiger charge is -2.26. The molecular weight excluding hydrogens is 288 g/mol. The fourth-order valence-electron chi connectivity index (χ4n) is 2.28. The normalized spacial score (nSPS) is 13.0. The summed E-state index contributed by atoms with van der Waals surface area (Å²) in [6.07, 6.45) is 3.13. The molecule has 0 saturated carbocycles. The highest BCUT2D eigenvalue weighted by Crippen LogP contribution is 2.35. The van der Waals surface area contributed by atoms with Gasteiger partial charge in [0, 0.05) is 23.5 Å². The molecule has 1 N–H and O–H groups in total. The minimum Gasteiger partial charge on any atom is -0.481 e. The van der Waals surface area contributed by atoms with Crippen LogP contribution in [0.1, 0.15) is 32.3 Å². The smallest absolute Gasteiger partial charge is 0.311 e. The van der Waals surface area contributed by atoms with E-state index in [0.29, 0.717) is 16.4 Å². The molecular formula is C16H17ClN2O2. The van der Waals surface area contributed by atoms with Crippen molar-refractivity contribution in [2.75, 3.05) is 0 Å². The van der Waals surface area contributed by atoms with Gasteiger partial charge in [-0.25, -0.2) is 9.97 Å². The van der Waals surface area contributed by atoms with Gasteiger partial charge in [-0.2, -0.15) is 0 Å². The highest BCUT2D eigenvalue weighted by atomic mass is 35.5. The molecule has 1 aromatic carbocycles. The Morgan fingerprint density at radius 2 is 1.76 bits per heavy atom. The molecule has 0 saturated heterocycles. The van der Waals surface area contributed by atoms with Crippen LogP contribution in [0.25, 0.3) is 11.4 Å². The van der Waals surface area contributed by atoms with Gasteiger partial charge in [0.25, 0.3) is 0 Å². The number of carboxylic acid groups (broad SMARTS) is 1. The van der Waals surface area contributed by atoms with Crippen molar-refractivity contribution in [1.82, 2.24) is 9.97 Å². The van der Waals surface area contributed by atoms with Gasteiger partial charge in [-0.3, -0.25) is 4.79 Å². The quantitative estimate of drug-likeness (QED) is 0.930. The van der Waals surface area contributed by atoms with E-state index in [1.807, 2.05) is 39.0 Å². The summed E-state index contributed by atoms with van der Waals surface area (Å²) in [6.45, 7) is 5.65. The number of carbonyl (C=O) groups is 1. The largest absolute Gasteiger partial charge is 0.481 e. The third-order valence-corrected chi connectivity index (χ3v) is 3.56. The molecule has 110 valence electrons. The van der Waals surface area contributed by atoms with Crippen LogP contribution in [-0.2, 0) is 4.79 Å². The van der Waals surface area contributed by atoms with E-state index in [1.54, 1.807) is 18.5 Å². The second kappa shape index (κ2) is 5.82. The summed E-state index contributed by atoms with van der Waals surface area (Å²) >= 11 is 6.11. The van der Waals surface area contributed by atoms with E-state index in [0.717, 1.165) is 5.56 Å². The second-order valence-corrected chi connectivity index (χ2v) is 6.36. The van der Waals surface area contributed by atoms with Gasteiger partial charge in [0.05, 0.1) is 10.9 Å².